The molecule has 844 valence electrons. The minimum atomic E-state index is -4.46. The average Bonchev–Trinajstić information content (AvgIpc) is 0.753. The number of sulfonamides is 5. The molecule has 10 heterocycles. The molecular formula is C94H135F9N12O30S5. The number of carbonyl (C=O) groups is 7. The van der Waals surface area contributed by atoms with Crippen molar-refractivity contribution in [1.82, 2.24) is 58.7 Å². The highest BCUT2D eigenvalue weighted by atomic mass is 32.2. The second-order valence-electron chi connectivity index (χ2n) is 38.2. The first kappa shape index (κ1) is 123. The van der Waals surface area contributed by atoms with Gasteiger partial charge in [-0.2, -0.15) is 39.5 Å². The number of benzene rings is 4. The number of halogens is 9. The Labute approximate surface area is 866 Å². The molecule has 0 radical (unpaired) electrons. The van der Waals surface area contributed by atoms with Crippen molar-refractivity contribution < 1.29 is 179 Å². The molecule has 10 saturated heterocycles. The average molecular weight is 2240 g/mol. The van der Waals surface area contributed by atoms with E-state index < -0.39 is 170 Å². The van der Waals surface area contributed by atoms with Crippen LogP contribution in [0.1, 0.15) is 192 Å². The second-order valence-corrected chi connectivity index (χ2v) is 49.3. The highest BCUT2D eigenvalue weighted by molar-refractivity contribution is 7.92. The number of amides is 7. The summed E-state index contributed by atoms with van der Waals surface area (Å²) in [5, 5.41) is 34.7. The van der Waals surface area contributed by atoms with Crippen LogP contribution in [0.15, 0.2) is 103 Å². The normalized spacial score (nSPS) is 22.2. The van der Waals surface area contributed by atoms with Crippen molar-refractivity contribution in [2.45, 2.75) is 243 Å². The van der Waals surface area contributed by atoms with Crippen molar-refractivity contribution in [3.8, 4) is 17.2 Å². The standard InChI is InChI=1S/C26H36F3N3O8S.C21H28F3N3O7S.C18H26N2O5S.C16H21F3N2O5S.C13H24N2O5S/c1-2-37-24(34)31-16-12-25(13-17-31,23(33)30-40-22-5-3-4-18-38-22)41(35,36)32-14-10-21(11-15-32)39-20-8-6-19(7-9-20)26(27,28)29;1-2-33-19(29)26-13-9-20(10-14-26,18(28)25-30)35(31,32)27-11-7-17(8-12-27)34-16-5-3-15(4-6-16)21(22,23)24;21-17(19-22)18(8-12-25-13-9-18)26(23,24)20-10-6-16(7-11-20)14-15-4-2-1-3-5-15;1-2-14(15(22)20-23)27(24,25)21-9-7-13(8-10-21)26-12-5-3-11(4-6-12)16(17,18)19;1-10-7-11(2)9-15(8-10)21(18,19)13(12(16)14-17)3-5-20-6-4-13/h6-9,21-22H,2-5,10-18H2,1H3,(H,30,33);3-6,17,30H,2,7-14H2,1H3,(H,25,28);1-5,16,22H,6-14H2,(H,19,21);3-6,13-14,23H,2,7-10H2,1H3,(H,20,22);10-11,17H,3-9H2,1-2H3,(H,14,16). The molecule has 10 aliphatic heterocycles. The van der Waals surface area contributed by atoms with Crippen molar-refractivity contribution in [3.05, 3.63) is 125 Å². The lowest BCUT2D eigenvalue weighted by molar-refractivity contribution is -0.202. The fraction of sp³-hybridized carbons (Fsp3) is 0.670. The van der Waals surface area contributed by atoms with Crippen LogP contribution >= 0.6 is 0 Å². The van der Waals surface area contributed by atoms with Gasteiger partial charge in [-0.05, 0) is 219 Å². The van der Waals surface area contributed by atoms with E-state index >= 15 is 0 Å². The van der Waals surface area contributed by atoms with E-state index in [2.05, 4.69) is 17.6 Å². The molecule has 9 N–H and O–H groups in total. The van der Waals surface area contributed by atoms with Gasteiger partial charge in [-0.1, -0.05) is 51.1 Å². The van der Waals surface area contributed by atoms with Crippen LogP contribution in [0.4, 0.5) is 49.1 Å². The number of hydrogen-bond acceptors (Lipinski definition) is 30. The van der Waals surface area contributed by atoms with Crippen molar-refractivity contribution in [2.75, 3.05) is 138 Å². The van der Waals surface area contributed by atoms with Gasteiger partial charge in [0.2, 0.25) is 50.1 Å². The van der Waals surface area contributed by atoms with Gasteiger partial charge in [-0.15, -0.1) is 0 Å². The monoisotopic (exact) mass is 2240 g/mol. The lowest BCUT2D eigenvalue weighted by Crippen LogP contribution is -2.63. The van der Waals surface area contributed by atoms with E-state index in [9.17, 15) is 120 Å². The number of nitrogens with one attached hydrogen (secondary N) is 5. The SMILES string of the molecule is CC1CC(C)CN(S(=O)(=O)C2(C(=O)NO)CCOCC2)C1.CCC(C(=O)NO)S(=O)(=O)N1CCC(Oc2ccc(C(F)(F)F)cc2)CC1.CCOC(=O)N1CCC(C(=O)NO)(S(=O)(=O)N2CCC(Oc3ccc(C(F)(F)F)cc3)CC2)CC1.CCOC(=O)N1CCC(C(=O)NOC2CCCCO2)(S(=O)(=O)N2CCC(Oc3ccc(C(F)(F)F)cc3)CC2)CC1.O=C(NO)C1(S(=O)(=O)N2CCC(Cc3ccccc3)CC2)CCOCC1. The fourth-order valence-electron chi connectivity index (χ4n) is 19.9. The molecule has 56 heteroatoms. The Morgan fingerprint density at radius 1 is 0.400 bits per heavy atom. The number of carbonyl (C=O) groups excluding carboxylic acids is 7. The molecule has 0 aliphatic carbocycles. The first-order chi connectivity index (χ1) is 70.8. The molecule has 10 fully saturated rings. The number of rotatable bonds is 28. The maximum Gasteiger partial charge on any atom is 0.416 e. The molecule has 0 aromatic heterocycles. The highest BCUT2D eigenvalue weighted by Crippen LogP contribution is 2.44. The summed E-state index contributed by atoms with van der Waals surface area (Å²) in [7, 11) is -20.1. The topological polar surface area (TPSA) is 537 Å². The molecule has 4 atom stereocenters. The number of ether oxygens (including phenoxy) is 8. The Morgan fingerprint density at radius 3 is 1.04 bits per heavy atom. The molecule has 4 aromatic carbocycles. The third-order valence-electron chi connectivity index (χ3n) is 28.4. The van der Waals surface area contributed by atoms with Gasteiger partial charge in [0.1, 0.15) is 35.6 Å². The molecule has 14 rings (SSSR count). The van der Waals surface area contributed by atoms with Gasteiger partial charge >= 0.3 is 30.7 Å². The predicted octanol–water partition coefficient (Wildman–Crippen LogP) is 9.66. The van der Waals surface area contributed by atoms with Gasteiger partial charge in [0.25, 0.3) is 29.5 Å². The van der Waals surface area contributed by atoms with Gasteiger partial charge in [0.15, 0.2) is 30.5 Å². The Balaban J connectivity index is 0.000000195. The van der Waals surface area contributed by atoms with E-state index in [-0.39, 0.29) is 224 Å². The van der Waals surface area contributed by atoms with Gasteiger partial charge in [-0.3, -0.25) is 44.8 Å². The van der Waals surface area contributed by atoms with E-state index in [0.717, 1.165) is 79.2 Å². The van der Waals surface area contributed by atoms with Crippen LogP contribution < -0.4 is 41.6 Å². The molecule has 150 heavy (non-hydrogen) atoms. The largest absolute Gasteiger partial charge is 0.490 e. The molecule has 4 unspecified atom stereocenters. The first-order valence-corrected chi connectivity index (χ1v) is 57.0. The minimum Gasteiger partial charge on any atom is -0.490 e. The molecular weight excluding hydrogens is 2110 g/mol. The lowest BCUT2D eigenvalue weighted by atomic mass is 9.91. The van der Waals surface area contributed by atoms with Crippen LogP contribution in [-0.4, -0.2) is 323 Å². The minimum absolute atomic E-state index is 0.00108. The van der Waals surface area contributed by atoms with Crippen LogP contribution in [0.2, 0.25) is 0 Å². The van der Waals surface area contributed by atoms with Crippen molar-refractivity contribution in [3.63, 3.8) is 0 Å². The maximum absolute atomic E-state index is 14.1. The molecule has 4 aromatic rings. The molecule has 0 spiro atoms. The summed E-state index contributed by atoms with van der Waals surface area (Å²) in [6.45, 7) is 12.4. The molecule has 42 nitrogen and oxygen atoms in total. The number of nitrogens with zero attached hydrogens (tertiary/aromatic N) is 7. The lowest BCUT2D eigenvalue weighted by Gasteiger charge is -2.43. The van der Waals surface area contributed by atoms with Crippen LogP contribution in [0.5, 0.6) is 17.2 Å². The van der Waals surface area contributed by atoms with E-state index in [1.54, 1.807) is 24.8 Å². The van der Waals surface area contributed by atoms with Crippen molar-refractivity contribution in [1.29, 1.82) is 0 Å². The summed E-state index contributed by atoms with van der Waals surface area (Å²) in [6.07, 6.45) is -9.41. The van der Waals surface area contributed by atoms with Crippen LogP contribution in [0.25, 0.3) is 0 Å². The third-order valence-corrected chi connectivity index (χ3v) is 41.2. The third kappa shape index (κ3) is 30.1. The molecule has 0 saturated carbocycles. The Bertz CT molecular complexity index is 5660. The molecule has 0 bridgehead atoms. The summed E-state index contributed by atoms with van der Waals surface area (Å²) in [5.74, 6) is -2.86. The van der Waals surface area contributed by atoms with Crippen LogP contribution in [0, 0.1) is 17.8 Å². The van der Waals surface area contributed by atoms with Gasteiger partial charge in [-0.25, -0.2) is 105 Å². The highest BCUT2D eigenvalue weighted by Gasteiger charge is 2.61. The van der Waals surface area contributed by atoms with Crippen LogP contribution in [0.3, 0.4) is 0 Å². The van der Waals surface area contributed by atoms with Crippen LogP contribution in [-0.2, 0) is 128 Å². The smallest absolute Gasteiger partial charge is 0.416 e. The predicted molar refractivity (Wildman–Crippen MR) is 517 cm³/mol. The van der Waals surface area contributed by atoms with E-state index in [1.165, 1.54) is 86.9 Å². The fourth-order valence-corrected chi connectivity index (χ4v) is 30.5. The van der Waals surface area contributed by atoms with E-state index in [0.29, 0.717) is 58.0 Å². The number of piperidine rings is 7. The molecule has 7 amide bonds. The Morgan fingerprint density at radius 2 is 0.727 bits per heavy atom. The van der Waals surface area contributed by atoms with Gasteiger partial charge < -0.3 is 47.7 Å². The van der Waals surface area contributed by atoms with Gasteiger partial charge in [0.05, 0.1) is 29.9 Å². The first-order valence-electron chi connectivity index (χ1n) is 49.7. The van der Waals surface area contributed by atoms with Crippen molar-refractivity contribution >= 4 is 91.8 Å². The molecule has 10 aliphatic rings. The zero-order chi connectivity index (χ0) is 110. The van der Waals surface area contributed by atoms with Gasteiger partial charge in [0, 0.05) is 157 Å². The number of hydroxylamine groups is 5. The van der Waals surface area contributed by atoms with Crippen molar-refractivity contribution in [2.24, 2.45) is 17.8 Å². The summed E-state index contributed by atoms with van der Waals surface area (Å²) < 4.78 is 290. The number of alkyl halides is 9. The number of hydrogen-bond donors (Lipinski definition) is 9. The quantitative estimate of drug-likeness (QED) is 0.0145. The van der Waals surface area contributed by atoms with E-state index in [1.807, 2.05) is 32.0 Å². The Kier molecular flexibility index (Phi) is 43.9. The summed E-state index contributed by atoms with van der Waals surface area (Å²) in [6, 6.07) is 23.1. The second kappa shape index (κ2) is 53.8. The maximum atomic E-state index is 14.1. The van der Waals surface area contributed by atoms with E-state index in [4.69, 9.17) is 58.4 Å². The summed E-state index contributed by atoms with van der Waals surface area (Å²) in [5.41, 5.74) is 7.16. The zero-order valence-corrected chi connectivity index (χ0v) is 87.9. The Hall–Kier alpha value is -9.23. The zero-order valence-electron chi connectivity index (χ0n) is 83.8. The summed E-state index contributed by atoms with van der Waals surface area (Å²) >= 11 is 0. The number of likely N-dealkylation sites (tertiary alicyclic amines) is 2. The summed E-state index contributed by atoms with van der Waals surface area (Å²) in [4.78, 5) is 94.4.